The lowest BCUT2D eigenvalue weighted by molar-refractivity contribution is 0.711. The van der Waals surface area contributed by atoms with Crippen molar-refractivity contribution in [2.45, 2.75) is 20.3 Å². The average Bonchev–Trinajstić information content (AvgIpc) is 1.94. The zero-order valence-electron chi connectivity index (χ0n) is 6.72. The van der Waals surface area contributed by atoms with Crippen molar-refractivity contribution in [3.8, 4) is 0 Å². The number of allylic oxidation sites excluding steroid dienone is 5. The highest BCUT2D eigenvalue weighted by Gasteiger charge is 2.06. The van der Waals surface area contributed by atoms with Crippen LogP contribution in [-0.2, 0) is 0 Å². The molecule has 1 atom stereocenters. The van der Waals surface area contributed by atoms with E-state index in [0.29, 0.717) is 5.92 Å². The fourth-order valence-electron chi connectivity index (χ4n) is 1.24. The predicted molar refractivity (Wildman–Crippen MR) is 45.8 cm³/mol. The van der Waals surface area contributed by atoms with Gasteiger partial charge in [0.1, 0.15) is 0 Å². The molecule has 1 rings (SSSR count). The van der Waals surface area contributed by atoms with Crippen LogP contribution >= 0.6 is 0 Å². The van der Waals surface area contributed by atoms with Crippen LogP contribution in [0.4, 0.5) is 0 Å². The molecule has 0 N–H and O–H groups in total. The lowest BCUT2D eigenvalue weighted by atomic mass is 9.92. The predicted octanol–water partition coefficient (Wildman–Crippen LogP) is 3.08. The summed E-state index contributed by atoms with van der Waals surface area (Å²) in [6.07, 6.45) is 7.56. The summed E-state index contributed by atoms with van der Waals surface area (Å²) in [6.45, 7) is 8.14. The van der Waals surface area contributed by atoms with Gasteiger partial charge in [0.05, 0.1) is 0 Å². The summed E-state index contributed by atoms with van der Waals surface area (Å²) in [5.41, 5.74) is 2.77. The summed E-state index contributed by atoms with van der Waals surface area (Å²) in [7, 11) is 0. The van der Waals surface area contributed by atoms with E-state index in [9.17, 15) is 0 Å². The van der Waals surface area contributed by atoms with Gasteiger partial charge in [-0.1, -0.05) is 31.7 Å². The van der Waals surface area contributed by atoms with Crippen molar-refractivity contribution < 1.29 is 0 Å². The van der Waals surface area contributed by atoms with Crippen molar-refractivity contribution in [1.82, 2.24) is 0 Å². The summed E-state index contributed by atoms with van der Waals surface area (Å²) in [5, 5.41) is 0. The van der Waals surface area contributed by atoms with Gasteiger partial charge in [0.2, 0.25) is 0 Å². The van der Waals surface area contributed by atoms with Crippen molar-refractivity contribution in [3.63, 3.8) is 0 Å². The molecule has 0 spiro atoms. The minimum Gasteiger partial charge on any atom is -0.0988 e. The highest BCUT2D eigenvalue weighted by atomic mass is 14.1. The van der Waals surface area contributed by atoms with E-state index in [0.717, 1.165) is 6.42 Å². The van der Waals surface area contributed by atoms with Crippen LogP contribution in [-0.4, -0.2) is 0 Å². The molecule has 0 heteroatoms. The maximum Gasteiger partial charge on any atom is -0.0216 e. The van der Waals surface area contributed by atoms with Gasteiger partial charge in [0.25, 0.3) is 0 Å². The molecule has 1 unspecified atom stereocenters. The molecule has 0 aromatic carbocycles. The standard InChI is InChI=1S/C10H14/c1-4-10-7-8(2)5-6-9(10)3/h4-6,8H,1,7H2,2-3H3. The Balaban J connectivity index is 2.83. The molecule has 0 heterocycles. The molecule has 0 aromatic rings. The Morgan fingerprint density at radius 1 is 1.70 bits per heavy atom. The van der Waals surface area contributed by atoms with Crippen molar-refractivity contribution in [3.05, 3.63) is 36.0 Å². The van der Waals surface area contributed by atoms with Gasteiger partial charge in [0, 0.05) is 0 Å². The Kier molecular flexibility index (Phi) is 2.10. The third-order valence-corrected chi connectivity index (χ3v) is 1.97. The average molecular weight is 134 g/mol. The Hall–Kier alpha value is -0.780. The van der Waals surface area contributed by atoms with E-state index in [4.69, 9.17) is 0 Å². The molecule has 0 saturated carbocycles. The van der Waals surface area contributed by atoms with Crippen LogP contribution in [0.2, 0.25) is 0 Å². The second kappa shape index (κ2) is 2.87. The molecule has 0 amide bonds. The summed E-state index contributed by atoms with van der Waals surface area (Å²) in [6, 6.07) is 0. The topological polar surface area (TPSA) is 0 Å². The summed E-state index contributed by atoms with van der Waals surface area (Å²) in [4.78, 5) is 0. The van der Waals surface area contributed by atoms with E-state index >= 15 is 0 Å². The van der Waals surface area contributed by atoms with Gasteiger partial charge in [-0.25, -0.2) is 0 Å². The molecule has 0 radical (unpaired) electrons. The lowest BCUT2D eigenvalue weighted by Crippen LogP contribution is -1.98. The van der Waals surface area contributed by atoms with Crippen molar-refractivity contribution in [2.75, 3.05) is 0 Å². The van der Waals surface area contributed by atoms with Gasteiger partial charge in [0.15, 0.2) is 0 Å². The van der Waals surface area contributed by atoms with E-state index in [1.165, 1.54) is 11.1 Å². The quantitative estimate of drug-likeness (QED) is 0.517. The molecule has 0 nitrogen and oxygen atoms in total. The molecular weight excluding hydrogens is 120 g/mol. The molecule has 0 bridgehead atoms. The molecule has 0 fully saturated rings. The first-order valence-corrected chi connectivity index (χ1v) is 3.74. The second-order valence-electron chi connectivity index (χ2n) is 2.95. The van der Waals surface area contributed by atoms with Gasteiger partial charge in [-0.15, -0.1) is 0 Å². The van der Waals surface area contributed by atoms with Gasteiger partial charge >= 0.3 is 0 Å². The number of hydrogen-bond donors (Lipinski definition) is 0. The minimum absolute atomic E-state index is 0.691. The summed E-state index contributed by atoms with van der Waals surface area (Å²) < 4.78 is 0. The Labute approximate surface area is 62.9 Å². The zero-order chi connectivity index (χ0) is 7.56. The fraction of sp³-hybridized carbons (Fsp3) is 0.400. The molecule has 0 aliphatic heterocycles. The minimum atomic E-state index is 0.691. The second-order valence-corrected chi connectivity index (χ2v) is 2.95. The van der Waals surface area contributed by atoms with Crippen LogP contribution in [0.3, 0.4) is 0 Å². The normalized spacial score (nSPS) is 25.2. The maximum atomic E-state index is 3.78. The van der Waals surface area contributed by atoms with Crippen molar-refractivity contribution >= 4 is 0 Å². The van der Waals surface area contributed by atoms with Crippen LogP contribution in [0, 0.1) is 5.92 Å². The summed E-state index contributed by atoms with van der Waals surface area (Å²) in [5.74, 6) is 0.691. The first-order valence-electron chi connectivity index (χ1n) is 3.74. The van der Waals surface area contributed by atoms with Gasteiger partial charge in [-0.05, 0) is 30.4 Å². The molecule has 1 aliphatic carbocycles. The summed E-state index contributed by atoms with van der Waals surface area (Å²) >= 11 is 0. The monoisotopic (exact) mass is 134 g/mol. The van der Waals surface area contributed by atoms with Crippen LogP contribution in [0.15, 0.2) is 36.0 Å². The molecule has 10 heavy (non-hydrogen) atoms. The fourth-order valence-corrected chi connectivity index (χ4v) is 1.24. The molecule has 1 aliphatic rings. The SMILES string of the molecule is C=CC1=C(C)C=CC(C)C1. The molecule has 0 saturated heterocycles. The number of hydrogen-bond acceptors (Lipinski definition) is 0. The third kappa shape index (κ3) is 1.38. The smallest absolute Gasteiger partial charge is 0.0216 e. The van der Waals surface area contributed by atoms with Crippen LogP contribution < -0.4 is 0 Å². The third-order valence-electron chi connectivity index (χ3n) is 1.97. The van der Waals surface area contributed by atoms with Crippen LogP contribution in [0.5, 0.6) is 0 Å². The first kappa shape index (κ1) is 7.33. The Morgan fingerprint density at radius 3 is 2.90 bits per heavy atom. The number of rotatable bonds is 1. The largest absolute Gasteiger partial charge is 0.0988 e. The van der Waals surface area contributed by atoms with Crippen molar-refractivity contribution in [1.29, 1.82) is 0 Å². The van der Waals surface area contributed by atoms with E-state index in [1.807, 2.05) is 6.08 Å². The van der Waals surface area contributed by atoms with Gasteiger partial charge in [-0.3, -0.25) is 0 Å². The molecule has 0 aromatic heterocycles. The highest BCUT2D eigenvalue weighted by Crippen LogP contribution is 2.23. The van der Waals surface area contributed by atoms with Gasteiger partial charge < -0.3 is 0 Å². The lowest BCUT2D eigenvalue weighted by Gasteiger charge is -2.14. The first-order chi connectivity index (χ1) is 4.74. The van der Waals surface area contributed by atoms with Crippen molar-refractivity contribution in [2.24, 2.45) is 5.92 Å². The Morgan fingerprint density at radius 2 is 2.40 bits per heavy atom. The maximum absolute atomic E-state index is 3.78. The van der Waals surface area contributed by atoms with E-state index < -0.39 is 0 Å². The van der Waals surface area contributed by atoms with Crippen LogP contribution in [0.25, 0.3) is 0 Å². The molecular formula is C10H14. The molecule has 54 valence electrons. The van der Waals surface area contributed by atoms with E-state index in [-0.39, 0.29) is 0 Å². The van der Waals surface area contributed by atoms with Crippen LogP contribution in [0.1, 0.15) is 20.3 Å². The van der Waals surface area contributed by atoms with E-state index in [1.54, 1.807) is 0 Å². The highest BCUT2D eigenvalue weighted by molar-refractivity contribution is 5.34. The van der Waals surface area contributed by atoms with E-state index in [2.05, 4.69) is 32.6 Å². The zero-order valence-corrected chi connectivity index (χ0v) is 6.72. The van der Waals surface area contributed by atoms with Gasteiger partial charge in [-0.2, -0.15) is 0 Å². The Bertz CT molecular complexity index is 194.